The van der Waals surface area contributed by atoms with Crippen molar-refractivity contribution in [3.8, 4) is 11.5 Å². The van der Waals surface area contributed by atoms with Gasteiger partial charge in [0, 0.05) is 18.2 Å². The molecule has 1 unspecified atom stereocenters. The van der Waals surface area contributed by atoms with Crippen LogP contribution < -0.4 is 20.7 Å². The molecule has 3 aromatic carbocycles. The molecular formula is C31H31N2O8PS. The van der Waals surface area contributed by atoms with E-state index in [9.17, 15) is 14.2 Å². The lowest BCUT2D eigenvalue weighted by Crippen LogP contribution is -2.38. The third-order valence-corrected chi connectivity index (χ3v) is 8.20. The molecule has 0 radical (unpaired) electrons. The fourth-order valence-electron chi connectivity index (χ4n) is 5.32. The molecule has 0 saturated carbocycles. The molecule has 1 fully saturated rings. The molecule has 12 heteroatoms. The van der Waals surface area contributed by atoms with Crippen LogP contribution in [0.3, 0.4) is 0 Å². The Kier molecular flexibility index (Phi) is 9.49. The molecule has 4 atom stereocenters. The summed E-state index contributed by atoms with van der Waals surface area (Å²) in [6.07, 6.45) is -0.709. The van der Waals surface area contributed by atoms with Gasteiger partial charge in [0.1, 0.15) is 35.5 Å². The molecule has 1 N–H and O–H groups in total. The van der Waals surface area contributed by atoms with Gasteiger partial charge in [-0.25, -0.2) is 4.79 Å². The summed E-state index contributed by atoms with van der Waals surface area (Å²) in [5.74, 6) is 1.37. The second-order valence-corrected chi connectivity index (χ2v) is 11.6. The molecule has 2 heterocycles. The van der Waals surface area contributed by atoms with Crippen molar-refractivity contribution in [3.63, 3.8) is 0 Å². The maximum absolute atomic E-state index is 12.6. The summed E-state index contributed by atoms with van der Waals surface area (Å²) >= 11 is 4.87. The van der Waals surface area contributed by atoms with E-state index in [1.54, 1.807) is 21.1 Å². The number of hydrogen-bond donors (Lipinski definition) is 1. The quantitative estimate of drug-likeness (QED) is 0.144. The second-order valence-electron chi connectivity index (χ2n) is 10.0. The van der Waals surface area contributed by atoms with Gasteiger partial charge in [-0.3, -0.25) is 14.3 Å². The van der Waals surface area contributed by atoms with E-state index in [1.807, 2.05) is 78.9 Å². The minimum absolute atomic E-state index is 0.0241. The number of nitrogens with zero attached hydrogens (tertiary/aromatic N) is 1. The van der Waals surface area contributed by atoms with Gasteiger partial charge in [-0.15, -0.1) is 0 Å². The van der Waals surface area contributed by atoms with Gasteiger partial charge in [-0.05, 0) is 47.9 Å². The van der Waals surface area contributed by atoms with Crippen molar-refractivity contribution in [2.24, 2.45) is 0 Å². The molecule has 43 heavy (non-hydrogen) atoms. The summed E-state index contributed by atoms with van der Waals surface area (Å²) in [6.45, 7) is 1.57. The highest BCUT2D eigenvalue weighted by molar-refractivity contribution is 8.25. The normalized spacial score (nSPS) is 18.8. The van der Waals surface area contributed by atoms with Crippen LogP contribution in [0.15, 0.2) is 94.6 Å². The van der Waals surface area contributed by atoms with Gasteiger partial charge < -0.3 is 31.2 Å². The zero-order valence-corrected chi connectivity index (χ0v) is 25.5. The Bertz CT molecular complexity index is 1630. The highest BCUT2D eigenvalue weighted by atomic mass is 32.7. The van der Waals surface area contributed by atoms with Crippen LogP contribution in [0, 0.1) is 6.92 Å². The SMILES string of the molecule is COc1ccc(C(OC[C@H]2O[C@@H](n3cc(C)c(=O)[nH]c3=O)C[C@@H]2O[P+](=O)[S-])(c2ccccc2)c2ccc(OC)cc2)cc1. The molecule has 0 aliphatic carbocycles. The Labute approximate surface area is 254 Å². The van der Waals surface area contributed by atoms with Gasteiger partial charge in [0.25, 0.3) is 5.56 Å². The van der Waals surface area contributed by atoms with Crippen molar-refractivity contribution >= 4 is 19.5 Å². The van der Waals surface area contributed by atoms with Gasteiger partial charge >= 0.3 is 12.9 Å². The minimum Gasteiger partial charge on any atom is -0.497 e. The lowest BCUT2D eigenvalue weighted by atomic mass is 9.80. The molecule has 1 saturated heterocycles. The number of methoxy groups -OCH3 is 2. The van der Waals surface area contributed by atoms with Gasteiger partial charge in [0.05, 0.1) is 20.8 Å². The summed E-state index contributed by atoms with van der Waals surface area (Å²) in [4.78, 5) is 26.9. The van der Waals surface area contributed by atoms with Crippen molar-refractivity contribution in [1.29, 1.82) is 0 Å². The van der Waals surface area contributed by atoms with Gasteiger partial charge in [0.2, 0.25) is 0 Å². The number of benzene rings is 3. The third-order valence-electron chi connectivity index (χ3n) is 7.50. The largest absolute Gasteiger partial charge is 0.497 e. The first-order valence-electron chi connectivity index (χ1n) is 13.5. The van der Waals surface area contributed by atoms with Gasteiger partial charge in [0.15, 0.2) is 0 Å². The molecule has 0 amide bonds. The van der Waals surface area contributed by atoms with E-state index in [-0.39, 0.29) is 13.0 Å². The van der Waals surface area contributed by atoms with Gasteiger partial charge in [-0.2, -0.15) is 4.52 Å². The van der Waals surface area contributed by atoms with E-state index in [0.717, 1.165) is 16.7 Å². The van der Waals surface area contributed by atoms with Crippen molar-refractivity contribution in [3.05, 3.63) is 128 Å². The summed E-state index contributed by atoms with van der Waals surface area (Å²) in [6, 6.07) is 24.9. The lowest BCUT2D eigenvalue weighted by molar-refractivity contribution is -0.0908. The number of H-pyrrole nitrogens is 1. The number of rotatable bonds is 11. The summed E-state index contributed by atoms with van der Waals surface area (Å²) < 4.78 is 43.0. The first-order valence-corrected chi connectivity index (χ1v) is 15.7. The summed E-state index contributed by atoms with van der Waals surface area (Å²) in [7, 11) is 0.806. The monoisotopic (exact) mass is 622 g/mol. The topological polar surface area (TPSA) is 118 Å². The molecule has 224 valence electrons. The fraction of sp³-hybridized carbons (Fsp3) is 0.290. The third kappa shape index (κ3) is 6.46. The number of hydrogen-bond acceptors (Lipinski definition) is 9. The standard InChI is InChI=1S/C31H31N2O8PS/c1-20-18-33(30(35)32-29(20)34)28-17-26(41-42(36)43)27(40-28)19-39-31(21-7-5-4-6-8-21,22-9-13-24(37-2)14-10-22)23-11-15-25(38-3)16-12-23/h4-16,18,26-28H,17,19H2,1-3H3,(H,32,34,35)/t26-,27+,28+/m0/s1. The predicted octanol–water partition coefficient (Wildman–Crippen LogP) is 4.75. The maximum Gasteiger partial charge on any atom is 0.372 e. The smallest absolute Gasteiger partial charge is 0.372 e. The van der Waals surface area contributed by atoms with E-state index in [4.69, 9.17) is 35.7 Å². The Balaban J connectivity index is 1.58. The predicted molar refractivity (Wildman–Crippen MR) is 163 cm³/mol. The summed E-state index contributed by atoms with van der Waals surface area (Å²) in [5, 5.41) is 0. The first-order chi connectivity index (χ1) is 20.7. The molecule has 1 aliphatic rings. The van der Waals surface area contributed by atoms with Crippen LogP contribution >= 0.6 is 7.23 Å². The highest BCUT2D eigenvalue weighted by Crippen LogP contribution is 2.43. The van der Waals surface area contributed by atoms with Crippen LogP contribution in [-0.4, -0.2) is 42.6 Å². The van der Waals surface area contributed by atoms with Crippen LogP contribution in [0.5, 0.6) is 11.5 Å². The van der Waals surface area contributed by atoms with E-state index < -0.39 is 42.5 Å². The molecule has 1 aromatic heterocycles. The average molecular weight is 623 g/mol. The molecule has 1 aliphatic heterocycles. The van der Waals surface area contributed by atoms with E-state index in [2.05, 4.69) is 4.98 Å². The number of nitrogens with one attached hydrogen (secondary N) is 1. The molecule has 5 rings (SSSR count). The average Bonchev–Trinajstić information content (AvgIpc) is 3.41. The van der Waals surface area contributed by atoms with Crippen LogP contribution in [0.2, 0.25) is 0 Å². The first kappa shape index (κ1) is 30.7. The van der Waals surface area contributed by atoms with Crippen LogP contribution in [-0.2, 0) is 36.4 Å². The van der Waals surface area contributed by atoms with Crippen molar-refractivity contribution < 1.29 is 28.0 Å². The highest BCUT2D eigenvalue weighted by Gasteiger charge is 2.44. The Morgan fingerprint density at radius 2 is 1.49 bits per heavy atom. The summed E-state index contributed by atoms with van der Waals surface area (Å²) in [5.41, 5.74) is 0.590. The van der Waals surface area contributed by atoms with E-state index in [0.29, 0.717) is 17.1 Å². The molecule has 0 spiro atoms. The van der Waals surface area contributed by atoms with E-state index >= 15 is 0 Å². The van der Waals surface area contributed by atoms with Crippen molar-refractivity contribution in [1.82, 2.24) is 9.55 Å². The Morgan fingerprint density at radius 1 is 0.930 bits per heavy atom. The molecule has 10 nitrogen and oxygen atoms in total. The molecular weight excluding hydrogens is 591 g/mol. The van der Waals surface area contributed by atoms with Crippen LogP contribution in [0.25, 0.3) is 0 Å². The zero-order valence-electron chi connectivity index (χ0n) is 23.8. The van der Waals surface area contributed by atoms with Gasteiger partial charge in [-0.1, -0.05) is 59.2 Å². The number of aromatic amines is 1. The van der Waals surface area contributed by atoms with Crippen LogP contribution in [0.1, 0.15) is 34.9 Å². The Hall–Kier alpha value is -3.73. The maximum atomic E-state index is 12.6. The zero-order chi connectivity index (χ0) is 30.6. The van der Waals surface area contributed by atoms with E-state index in [1.165, 1.54) is 10.8 Å². The Morgan fingerprint density at radius 3 is 2.02 bits per heavy atom. The fourth-order valence-corrected chi connectivity index (χ4v) is 6.10. The molecule has 4 aromatic rings. The minimum atomic E-state index is -2.40. The lowest BCUT2D eigenvalue weighted by Gasteiger charge is -2.37. The number of ether oxygens (including phenoxy) is 4. The van der Waals surface area contributed by atoms with Crippen molar-refractivity contribution in [2.45, 2.75) is 37.4 Å². The number of aromatic nitrogens is 2. The molecule has 0 bridgehead atoms. The second kappa shape index (κ2) is 13.3. The van der Waals surface area contributed by atoms with Crippen LogP contribution in [0.4, 0.5) is 0 Å². The number of aryl methyl sites for hydroxylation is 1. The van der Waals surface area contributed by atoms with Crippen molar-refractivity contribution in [2.75, 3.05) is 20.8 Å².